The highest BCUT2D eigenvalue weighted by Gasteiger charge is 2.26. The number of ether oxygens (including phenoxy) is 2. The van der Waals surface area contributed by atoms with Crippen molar-refractivity contribution < 1.29 is 28.7 Å². The number of hydroxylamine groups is 2. The molecule has 0 aliphatic heterocycles. The maximum atomic E-state index is 11.9. The number of hydrogen-bond donors (Lipinski definition) is 0. The van der Waals surface area contributed by atoms with Crippen LogP contribution in [0.1, 0.15) is 20.8 Å². The van der Waals surface area contributed by atoms with Crippen molar-refractivity contribution in [2.75, 3.05) is 6.54 Å². The van der Waals surface area contributed by atoms with Gasteiger partial charge in [0.2, 0.25) is 0 Å². The molecule has 0 atom stereocenters. The Morgan fingerprint density at radius 1 is 0.769 bits per heavy atom. The highest BCUT2D eigenvalue weighted by Crippen LogP contribution is 2.18. The smallest absolute Gasteiger partial charge is 0.394 e. The second-order valence-corrected chi connectivity index (χ2v) is 6.56. The summed E-state index contributed by atoms with van der Waals surface area (Å²) in [5.74, 6) is 0.611. The van der Waals surface area contributed by atoms with Crippen LogP contribution >= 0.6 is 0 Å². The van der Waals surface area contributed by atoms with Crippen LogP contribution in [-0.2, 0) is 9.68 Å². The number of carbonyl (C=O) groups excluding carboxylic acids is 2. The van der Waals surface area contributed by atoms with Crippen LogP contribution in [-0.4, -0.2) is 24.1 Å². The van der Waals surface area contributed by atoms with Crippen molar-refractivity contribution in [3.05, 3.63) is 60.7 Å². The van der Waals surface area contributed by atoms with Crippen LogP contribution in [0.5, 0.6) is 11.5 Å². The molecule has 7 heteroatoms. The van der Waals surface area contributed by atoms with E-state index in [1.165, 1.54) is 0 Å². The average molecular weight is 359 g/mol. The molecule has 0 radical (unpaired) electrons. The van der Waals surface area contributed by atoms with E-state index >= 15 is 0 Å². The quantitative estimate of drug-likeness (QED) is 0.439. The van der Waals surface area contributed by atoms with E-state index < -0.39 is 12.3 Å². The van der Waals surface area contributed by atoms with E-state index in [-0.39, 0.29) is 12.0 Å². The Labute approximate surface area is 151 Å². The van der Waals surface area contributed by atoms with Gasteiger partial charge in [0.1, 0.15) is 11.5 Å². The number of nitrogens with zero attached hydrogens (tertiary/aromatic N) is 1. The lowest BCUT2D eigenvalue weighted by atomic mass is 9.97. The lowest BCUT2D eigenvalue weighted by Gasteiger charge is -2.25. The van der Waals surface area contributed by atoms with Crippen molar-refractivity contribution >= 4 is 12.3 Å². The summed E-state index contributed by atoms with van der Waals surface area (Å²) in [5, 5.41) is 0.747. The van der Waals surface area contributed by atoms with Crippen molar-refractivity contribution in [3.63, 3.8) is 0 Å². The third-order valence-electron chi connectivity index (χ3n) is 2.84. The van der Waals surface area contributed by atoms with Gasteiger partial charge < -0.3 is 9.47 Å². The van der Waals surface area contributed by atoms with E-state index in [1.807, 2.05) is 20.8 Å². The Hall–Kier alpha value is -3.06. The molecule has 0 aliphatic carbocycles. The van der Waals surface area contributed by atoms with E-state index in [0.29, 0.717) is 11.5 Å². The Bertz CT molecular complexity index is 656. The standard InChI is InChI=1S/C19H21NO6/c1-19(2,3)14-20(25-17(21)23-15-10-6-4-7-11-15)26-18(22)24-16-12-8-5-9-13-16/h4-13H,14H2,1-3H3. The number of rotatable bonds is 5. The summed E-state index contributed by atoms with van der Waals surface area (Å²) in [4.78, 5) is 33.8. The zero-order valence-electron chi connectivity index (χ0n) is 14.9. The molecule has 0 bridgehead atoms. The first-order chi connectivity index (χ1) is 12.3. The molecule has 0 amide bonds. The second kappa shape index (κ2) is 8.87. The van der Waals surface area contributed by atoms with Crippen molar-refractivity contribution in [3.8, 4) is 11.5 Å². The maximum Gasteiger partial charge on any atom is 0.536 e. The van der Waals surface area contributed by atoms with Gasteiger partial charge in [-0.1, -0.05) is 57.2 Å². The highest BCUT2D eigenvalue weighted by atomic mass is 17.0. The topological polar surface area (TPSA) is 74.3 Å². The molecule has 0 aromatic heterocycles. The largest absolute Gasteiger partial charge is 0.536 e. The predicted octanol–water partition coefficient (Wildman–Crippen LogP) is 4.60. The first-order valence-electron chi connectivity index (χ1n) is 7.99. The molecule has 0 saturated carbocycles. The zero-order chi connectivity index (χ0) is 19.0. The number of benzene rings is 2. The summed E-state index contributed by atoms with van der Waals surface area (Å²) in [6.45, 7) is 5.77. The summed E-state index contributed by atoms with van der Waals surface area (Å²) < 4.78 is 10.0. The van der Waals surface area contributed by atoms with Gasteiger partial charge in [-0.05, 0) is 29.7 Å². The summed E-state index contributed by atoms with van der Waals surface area (Å²) in [6, 6.07) is 16.8. The fraction of sp³-hybridized carbons (Fsp3) is 0.263. The van der Waals surface area contributed by atoms with E-state index in [1.54, 1.807) is 60.7 Å². The molecule has 0 aliphatic rings. The Morgan fingerprint density at radius 2 is 1.15 bits per heavy atom. The molecule has 0 spiro atoms. The fourth-order valence-corrected chi connectivity index (χ4v) is 1.84. The minimum absolute atomic E-state index is 0.112. The Morgan fingerprint density at radius 3 is 1.50 bits per heavy atom. The third kappa shape index (κ3) is 7.23. The minimum Gasteiger partial charge on any atom is -0.394 e. The van der Waals surface area contributed by atoms with Crippen LogP contribution < -0.4 is 9.47 Å². The average Bonchev–Trinajstić information content (AvgIpc) is 2.54. The van der Waals surface area contributed by atoms with Crippen LogP contribution in [0.4, 0.5) is 9.59 Å². The molecule has 2 aromatic rings. The number of carbonyl (C=O) groups is 2. The summed E-state index contributed by atoms with van der Waals surface area (Å²) in [7, 11) is 0. The van der Waals surface area contributed by atoms with Gasteiger partial charge in [-0.25, -0.2) is 9.59 Å². The van der Waals surface area contributed by atoms with Gasteiger partial charge in [0.05, 0.1) is 6.54 Å². The van der Waals surface area contributed by atoms with Gasteiger partial charge in [0.25, 0.3) is 0 Å². The van der Waals surface area contributed by atoms with Gasteiger partial charge in [-0.15, -0.1) is 0 Å². The highest BCUT2D eigenvalue weighted by molar-refractivity contribution is 5.64. The predicted molar refractivity (Wildman–Crippen MR) is 93.3 cm³/mol. The molecule has 2 rings (SSSR count). The SMILES string of the molecule is CC(C)(C)CN(OC(=O)Oc1ccccc1)OC(=O)Oc1ccccc1. The third-order valence-corrected chi connectivity index (χ3v) is 2.84. The van der Waals surface area contributed by atoms with E-state index in [2.05, 4.69) is 0 Å². The maximum absolute atomic E-state index is 11.9. The van der Waals surface area contributed by atoms with Crippen LogP contribution in [0, 0.1) is 5.41 Å². The second-order valence-electron chi connectivity index (χ2n) is 6.56. The van der Waals surface area contributed by atoms with Crippen LogP contribution in [0.2, 0.25) is 0 Å². The monoisotopic (exact) mass is 359 g/mol. The first-order valence-corrected chi connectivity index (χ1v) is 7.99. The van der Waals surface area contributed by atoms with Crippen molar-refractivity contribution in [1.82, 2.24) is 5.23 Å². The molecule has 26 heavy (non-hydrogen) atoms. The van der Waals surface area contributed by atoms with Gasteiger partial charge >= 0.3 is 12.3 Å². The van der Waals surface area contributed by atoms with Crippen molar-refractivity contribution in [1.29, 1.82) is 0 Å². The van der Waals surface area contributed by atoms with Crippen molar-refractivity contribution in [2.45, 2.75) is 20.8 Å². The normalized spacial score (nSPS) is 10.9. The number of para-hydroxylation sites is 2. The van der Waals surface area contributed by atoms with Crippen LogP contribution in [0.25, 0.3) is 0 Å². The number of hydrogen-bond acceptors (Lipinski definition) is 7. The molecule has 0 saturated heterocycles. The molecule has 138 valence electrons. The molecule has 0 fully saturated rings. The molecular weight excluding hydrogens is 338 g/mol. The van der Waals surface area contributed by atoms with E-state index in [9.17, 15) is 9.59 Å². The zero-order valence-corrected chi connectivity index (χ0v) is 14.9. The Kier molecular flexibility index (Phi) is 6.57. The molecule has 2 aromatic carbocycles. The molecule has 0 heterocycles. The van der Waals surface area contributed by atoms with Gasteiger partial charge in [0.15, 0.2) is 0 Å². The van der Waals surface area contributed by atoms with E-state index in [0.717, 1.165) is 5.23 Å². The summed E-state index contributed by atoms with van der Waals surface area (Å²) >= 11 is 0. The fourth-order valence-electron chi connectivity index (χ4n) is 1.84. The molecule has 0 unspecified atom stereocenters. The first kappa shape index (κ1) is 19.3. The Balaban J connectivity index is 1.96. The minimum atomic E-state index is -1.03. The van der Waals surface area contributed by atoms with E-state index in [4.69, 9.17) is 19.1 Å². The molecular formula is C19H21NO6. The van der Waals surface area contributed by atoms with Crippen LogP contribution in [0.3, 0.4) is 0 Å². The lowest BCUT2D eigenvalue weighted by molar-refractivity contribution is -0.316. The van der Waals surface area contributed by atoms with Crippen molar-refractivity contribution in [2.24, 2.45) is 5.41 Å². The van der Waals surface area contributed by atoms with Gasteiger partial charge in [-0.3, -0.25) is 9.68 Å². The lowest BCUT2D eigenvalue weighted by Crippen LogP contribution is -2.38. The van der Waals surface area contributed by atoms with Gasteiger partial charge in [0, 0.05) is 5.23 Å². The summed E-state index contributed by atoms with van der Waals surface area (Å²) in [6.07, 6.45) is -2.07. The summed E-state index contributed by atoms with van der Waals surface area (Å²) in [5.41, 5.74) is -0.333. The molecule has 7 nitrogen and oxygen atoms in total. The van der Waals surface area contributed by atoms with Gasteiger partial charge in [-0.2, -0.15) is 0 Å². The molecule has 0 N–H and O–H groups in total. The van der Waals surface area contributed by atoms with Crippen LogP contribution in [0.15, 0.2) is 60.7 Å².